The summed E-state index contributed by atoms with van der Waals surface area (Å²) in [5, 5.41) is 0. The molecule has 0 aliphatic rings. The van der Waals surface area contributed by atoms with Crippen molar-refractivity contribution in [3.05, 3.63) is 0 Å². The van der Waals surface area contributed by atoms with Crippen LogP contribution in [0.1, 0.15) is 26.7 Å². The Labute approximate surface area is 67.0 Å². The second kappa shape index (κ2) is 3.11. The van der Waals surface area contributed by atoms with Crippen LogP contribution in [0.2, 0.25) is 0 Å². The summed E-state index contributed by atoms with van der Waals surface area (Å²) in [5.41, 5.74) is 0. The Kier molecular flexibility index (Phi) is 3.19. The topological polar surface area (TPSA) is 54.4 Å². The van der Waals surface area contributed by atoms with Crippen LogP contribution in [0.25, 0.3) is 0 Å². The second-order valence-corrected chi connectivity index (χ2v) is 5.54. The minimum atomic E-state index is -4.00. The maximum absolute atomic E-state index is 10.5. The Balaban J connectivity index is 4.42. The largest absolute Gasteiger partial charge is 0.284 e. The average molecular weight is 184 g/mol. The van der Waals surface area contributed by atoms with Crippen molar-refractivity contribution in [3.63, 3.8) is 0 Å². The van der Waals surface area contributed by atoms with Crippen molar-refractivity contribution < 1.29 is 13.0 Å². The van der Waals surface area contributed by atoms with Gasteiger partial charge in [0.2, 0.25) is 0 Å². The fraction of sp³-hybridized carbons (Fsp3) is 1.00. The molecule has 1 atom stereocenters. The maximum atomic E-state index is 10.5. The van der Waals surface area contributed by atoms with Crippen molar-refractivity contribution in [2.24, 2.45) is 0 Å². The monoisotopic (exact) mass is 184 g/mol. The summed E-state index contributed by atoms with van der Waals surface area (Å²) < 4.78 is 28.3. The van der Waals surface area contributed by atoms with Gasteiger partial charge in [-0.2, -0.15) is 21.0 Å². The highest BCUT2D eigenvalue weighted by atomic mass is 32.3. The average Bonchev–Trinajstić information content (AvgIpc) is 1.61. The molecule has 1 unspecified atom stereocenters. The Morgan fingerprint density at radius 1 is 1.60 bits per heavy atom. The quantitative estimate of drug-likeness (QED) is 0.514. The van der Waals surface area contributed by atoms with Crippen LogP contribution >= 0.6 is 12.6 Å². The van der Waals surface area contributed by atoms with Crippen molar-refractivity contribution in [3.8, 4) is 0 Å². The lowest BCUT2D eigenvalue weighted by molar-refractivity contribution is 0.458. The molecule has 0 saturated carbocycles. The summed E-state index contributed by atoms with van der Waals surface area (Å²) in [6.07, 6.45) is 1.04. The third kappa shape index (κ3) is 2.48. The van der Waals surface area contributed by atoms with Gasteiger partial charge in [-0.25, -0.2) is 0 Å². The smallest absolute Gasteiger partial charge is 0.279 e. The van der Waals surface area contributed by atoms with E-state index in [1.54, 1.807) is 0 Å². The molecule has 0 radical (unpaired) electrons. The van der Waals surface area contributed by atoms with E-state index < -0.39 is 14.2 Å². The minimum Gasteiger partial charge on any atom is -0.284 e. The van der Waals surface area contributed by atoms with Gasteiger partial charge < -0.3 is 0 Å². The molecular formula is C5H12O3S2. The zero-order chi connectivity index (χ0) is 8.41. The van der Waals surface area contributed by atoms with E-state index in [0.717, 1.165) is 0 Å². The van der Waals surface area contributed by atoms with Gasteiger partial charge in [0.15, 0.2) is 0 Å². The molecule has 0 aliphatic carbocycles. The van der Waals surface area contributed by atoms with E-state index in [2.05, 4.69) is 12.6 Å². The van der Waals surface area contributed by atoms with Crippen LogP contribution in [0.15, 0.2) is 0 Å². The molecule has 0 bridgehead atoms. The third-order valence-electron chi connectivity index (χ3n) is 1.27. The molecule has 0 saturated heterocycles. The lowest BCUT2D eigenvalue weighted by atomic mass is 10.3. The lowest BCUT2D eigenvalue weighted by Gasteiger charge is -2.17. The van der Waals surface area contributed by atoms with Crippen LogP contribution < -0.4 is 0 Å². The molecule has 62 valence electrons. The van der Waals surface area contributed by atoms with Crippen LogP contribution in [0, 0.1) is 0 Å². The first-order chi connectivity index (χ1) is 4.31. The molecule has 0 spiro atoms. The van der Waals surface area contributed by atoms with Gasteiger partial charge in [-0.1, -0.05) is 13.3 Å². The first-order valence-corrected chi connectivity index (χ1v) is 4.89. The number of thiol groups is 1. The van der Waals surface area contributed by atoms with Crippen LogP contribution in [0.3, 0.4) is 0 Å². The summed E-state index contributed by atoms with van der Waals surface area (Å²) in [6, 6.07) is 0. The Morgan fingerprint density at radius 2 is 2.00 bits per heavy atom. The third-order valence-corrected chi connectivity index (χ3v) is 3.50. The molecule has 0 aromatic heterocycles. The van der Waals surface area contributed by atoms with Gasteiger partial charge in [0.25, 0.3) is 10.1 Å². The van der Waals surface area contributed by atoms with Gasteiger partial charge in [0.1, 0.15) is 4.08 Å². The van der Waals surface area contributed by atoms with E-state index in [0.29, 0.717) is 12.8 Å². The molecule has 5 heteroatoms. The van der Waals surface area contributed by atoms with Crippen molar-refractivity contribution in [1.29, 1.82) is 0 Å². The summed E-state index contributed by atoms with van der Waals surface area (Å²) in [5.74, 6) is 0. The van der Waals surface area contributed by atoms with Gasteiger partial charge in [-0.3, -0.25) is 4.55 Å². The van der Waals surface area contributed by atoms with Crippen molar-refractivity contribution in [2.45, 2.75) is 30.8 Å². The summed E-state index contributed by atoms with van der Waals surface area (Å²) in [7, 11) is -4.00. The molecule has 0 fully saturated rings. The fourth-order valence-electron chi connectivity index (χ4n) is 0.593. The predicted octanol–water partition coefficient (Wildman–Crippen LogP) is 1.32. The number of rotatable bonds is 3. The normalized spacial score (nSPS) is 18.4. The molecule has 0 aliphatic heterocycles. The van der Waals surface area contributed by atoms with Crippen molar-refractivity contribution in [1.82, 2.24) is 0 Å². The maximum Gasteiger partial charge on any atom is 0.279 e. The highest BCUT2D eigenvalue weighted by molar-refractivity contribution is 8.03. The van der Waals surface area contributed by atoms with E-state index >= 15 is 0 Å². The standard InChI is InChI=1S/C5H12O3S2/c1-3-4-5(2,9)10(6,7)8/h9H,3-4H2,1-2H3,(H,6,7,8). The molecule has 1 N–H and O–H groups in total. The molecular weight excluding hydrogens is 172 g/mol. The van der Waals surface area contributed by atoms with Crippen LogP contribution in [0.5, 0.6) is 0 Å². The van der Waals surface area contributed by atoms with Gasteiger partial charge in [0, 0.05) is 0 Å². The van der Waals surface area contributed by atoms with E-state index in [1.165, 1.54) is 6.92 Å². The lowest BCUT2D eigenvalue weighted by Crippen LogP contribution is -2.28. The van der Waals surface area contributed by atoms with E-state index in [1.807, 2.05) is 6.92 Å². The van der Waals surface area contributed by atoms with Gasteiger partial charge in [0.05, 0.1) is 0 Å². The molecule has 10 heavy (non-hydrogen) atoms. The Hall–Kier alpha value is 0.260. The van der Waals surface area contributed by atoms with Gasteiger partial charge in [-0.15, -0.1) is 0 Å². The highest BCUT2D eigenvalue weighted by Crippen LogP contribution is 2.25. The van der Waals surface area contributed by atoms with Gasteiger partial charge >= 0.3 is 0 Å². The van der Waals surface area contributed by atoms with Crippen molar-refractivity contribution in [2.75, 3.05) is 0 Å². The van der Waals surface area contributed by atoms with E-state index in [9.17, 15) is 8.42 Å². The molecule has 0 heterocycles. The SMILES string of the molecule is CCCC(C)(S)S(=O)(=O)O. The first kappa shape index (κ1) is 10.3. The first-order valence-electron chi connectivity index (χ1n) is 3.00. The number of hydrogen-bond acceptors (Lipinski definition) is 3. The molecule has 0 rings (SSSR count). The van der Waals surface area contributed by atoms with Gasteiger partial charge in [-0.05, 0) is 13.3 Å². The molecule has 3 nitrogen and oxygen atoms in total. The molecule has 0 aromatic rings. The fourth-order valence-corrected chi connectivity index (χ4v) is 1.28. The molecule has 0 aromatic carbocycles. The summed E-state index contributed by atoms with van der Waals surface area (Å²) >= 11 is 3.81. The van der Waals surface area contributed by atoms with Crippen LogP contribution in [-0.4, -0.2) is 17.0 Å². The van der Waals surface area contributed by atoms with Crippen molar-refractivity contribution >= 4 is 22.7 Å². The zero-order valence-corrected chi connectivity index (χ0v) is 7.74. The predicted molar refractivity (Wildman–Crippen MR) is 43.8 cm³/mol. The number of hydrogen-bond donors (Lipinski definition) is 2. The summed E-state index contributed by atoms with van der Waals surface area (Å²) in [4.78, 5) is 0. The van der Waals surface area contributed by atoms with Crippen LogP contribution in [-0.2, 0) is 10.1 Å². The zero-order valence-electron chi connectivity index (χ0n) is 6.03. The Bertz CT molecular complexity index is 193. The minimum absolute atomic E-state index is 0.356. The molecule has 0 amide bonds. The Morgan fingerprint density at radius 3 is 2.10 bits per heavy atom. The van der Waals surface area contributed by atoms with Crippen LogP contribution in [0.4, 0.5) is 0 Å². The highest BCUT2D eigenvalue weighted by Gasteiger charge is 2.32. The van der Waals surface area contributed by atoms with E-state index in [-0.39, 0.29) is 0 Å². The second-order valence-electron chi connectivity index (χ2n) is 2.40. The van der Waals surface area contributed by atoms with E-state index in [4.69, 9.17) is 4.55 Å². The summed E-state index contributed by atoms with van der Waals surface area (Å²) in [6.45, 7) is 3.22.